The van der Waals surface area contributed by atoms with E-state index in [4.69, 9.17) is 14.2 Å². The van der Waals surface area contributed by atoms with E-state index in [1.807, 2.05) is 13.8 Å². The standard InChI is InChI=1S/C17H26O5/c1-4-20-16(19)14-10-13-12(8-7-9-15(13)18)11-17(14,21-5-2)22-6-3/h10,12,14H,4-9,11H2,1-3H3/t12-,14+/m1/s1. The van der Waals surface area contributed by atoms with Gasteiger partial charge in [-0.2, -0.15) is 0 Å². The molecule has 0 bridgehead atoms. The molecule has 0 unspecified atom stereocenters. The fourth-order valence-corrected chi connectivity index (χ4v) is 3.56. The Morgan fingerprint density at radius 1 is 1.23 bits per heavy atom. The van der Waals surface area contributed by atoms with E-state index in [0.29, 0.717) is 32.7 Å². The Kier molecular flexibility index (Phi) is 5.75. The van der Waals surface area contributed by atoms with Crippen molar-refractivity contribution in [2.24, 2.45) is 11.8 Å². The molecule has 2 aliphatic rings. The average Bonchev–Trinajstić information content (AvgIpc) is 2.47. The van der Waals surface area contributed by atoms with Crippen LogP contribution < -0.4 is 0 Å². The van der Waals surface area contributed by atoms with Gasteiger partial charge >= 0.3 is 5.97 Å². The van der Waals surface area contributed by atoms with E-state index in [9.17, 15) is 9.59 Å². The van der Waals surface area contributed by atoms with Crippen molar-refractivity contribution in [3.8, 4) is 0 Å². The van der Waals surface area contributed by atoms with E-state index >= 15 is 0 Å². The van der Waals surface area contributed by atoms with E-state index in [0.717, 1.165) is 18.4 Å². The van der Waals surface area contributed by atoms with Crippen LogP contribution in [0.2, 0.25) is 0 Å². The summed E-state index contributed by atoms with van der Waals surface area (Å²) in [5.41, 5.74) is 0.763. The first-order chi connectivity index (χ1) is 10.6. The van der Waals surface area contributed by atoms with Crippen LogP contribution >= 0.6 is 0 Å². The maximum atomic E-state index is 12.4. The van der Waals surface area contributed by atoms with Crippen LogP contribution in [-0.4, -0.2) is 37.4 Å². The highest BCUT2D eigenvalue weighted by atomic mass is 16.7. The van der Waals surface area contributed by atoms with Gasteiger partial charge in [0, 0.05) is 26.1 Å². The van der Waals surface area contributed by atoms with Crippen LogP contribution in [0.1, 0.15) is 46.5 Å². The molecule has 0 aliphatic heterocycles. The van der Waals surface area contributed by atoms with Crippen molar-refractivity contribution >= 4 is 11.8 Å². The summed E-state index contributed by atoms with van der Waals surface area (Å²) in [5, 5.41) is 0. The second-order valence-electron chi connectivity index (χ2n) is 5.75. The van der Waals surface area contributed by atoms with E-state index in [1.54, 1.807) is 13.0 Å². The molecule has 2 atom stereocenters. The zero-order chi connectivity index (χ0) is 16.2. The van der Waals surface area contributed by atoms with Gasteiger partial charge in [0.25, 0.3) is 0 Å². The molecule has 0 aromatic carbocycles. The Balaban J connectivity index is 2.41. The third kappa shape index (κ3) is 3.25. The first-order valence-corrected chi connectivity index (χ1v) is 8.27. The van der Waals surface area contributed by atoms with Crippen LogP contribution in [0.3, 0.4) is 0 Å². The first-order valence-electron chi connectivity index (χ1n) is 8.27. The summed E-state index contributed by atoms with van der Waals surface area (Å²) >= 11 is 0. The fraction of sp³-hybridized carbons (Fsp3) is 0.765. The number of esters is 1. The van der Waals surface area contributed by atoms with Crippen LogP contribution in [0, 0.1) is 11.8 Å². The minimum absolute atomic E-state index is 0.116. The highest BCUT2D eigenvalue weighted by Gasteiger charge is 2.51. The van der Waals surface area contributed by atoms with Crippen molar-refractivity contribution in [3.05, 3.63) is 11.6 Å². The molecule has 0 spiro atoms. The Morgan fingerprint density at radius 3 is 2.50 bits per heavy atom. The molecule has 0 radical (unpaired) electrons. The smallest absolute Gasteiger partial charge is 0.318 e. The number of hydrogen-bond donors (Lipinski definition) is 0. The molecule has 2 aliphatic carbocycles. The number of carbonyl (C=O) groups is 2. The lowest BCUT2D eigenvalue weighted by atomic mass is 9.71. The first kappa shape index (κ1) is 17.2. The largest absolute Gasteiger partial charge is 0.465 e. The number of ketones is 1. The Bertz CT molecular complexity index is 448. The zero-order valence-corrected chi connectivity index (χ0v) is 13.7. The summed E-state index contributed by atoms with van der Waals surface area (Å²) in [6.45, 7) is 6.72. The van der Waals surface area contributed by atoms with Gasteiger partial charge in [-0.25, -0.2) is 0 Å². The quantitative estimate of drug-likeness (QED) is 0.557. The summed E-state index contributed by atoms with van der Waals surface area (Å²) in [6.07, 6.45) is 4.68. The molecule has 0 aromatic heterocycles. The Hall–Kier alpha value is -1.20. The lowest BCUT2D eigenvalue weighted by Crippen LogP contribution is -2.52. The molecule has 124 valence electrons. The fourth-order valence-electron chi connectivity index (χ4n) is 3.56. The monoisotopic (exact) mass is 310 g/mol. The van der Waals surface area contributed by atoms with E-state index in [2.05, 4.69) is 0 Å². The van der Waals surface area contributed by atoms with E-state index in [1.165, 1.54) is 0 Å². The van der Waals surface area contributed by atoms with Crippen molar-refractivity contribution in [2.75, 3.05) is 19.8 Å². The zero-order valence-electron chi connectivity index (χ0n) is 13.7. The van der Waals surface area contributed by atoms with Gasteiger partial charge in [-0.3, -0.25) is 9.59 Å². The van der Waals surface area contributed by atoms with Crippen molar-refractivity contribution < 1.29 is 23.8 Å². The van der Waals surface area contributed by atoms with Gasteiger partial charge in [0.05, 0.1) is 6.61 Å². The molecule has 0 amide bonds. The molecule has 0 aromatic rings. The molecule has 0 saturated heterocycles. The predicted octanol–water partition coefficient (Wildman–Crippen LogP) is 2.63. The van der Waals surface area contributed by atoms with Gasteiger partial charge in [0.15, 0.2) is 11.6 Å². The van der Waals surface area contributed by atoms with Crippen molar-refractivity contribution in [3.63, 3.8) is 0 Å². The summed E-state index contributed by atoms with van der Waals surface area (Å²) in [5.74, 6) is -1.81. The van der Waals surface area contributed by atoms with Crippen molar-refractivity contribution in [2.45, 2.75) is 52.2 Å². The molecular formula is C17H26O5. The lowest BCUT2D eigenvalue weighted by molar-refractivity contribution is -0.267. The molecule has 1 saturated carbocycles. The number of fused-ring (bicyclic) bond motifs is 1. The van der Waals surface area contributed by atoms with Gasteiger partial charge < -0.3 is 14.2 Å². The molecule has 22 heavy (non-hydrogen) atoms. The second-order valence-corrected chi connectivity index (χ2v) is 5.75. The minimum atomic E-state index is -1.01. The molecule has 1 fully saturated rings. The van der Waals surface area contributed by atoms with Crippen molar-refractivity contribution in [1.29, 1.82) is 0 Å². The summed E-state index contributed by atoms with van der Waals surface area (Å²) in [4.78, 5) is 24.6. The number of hydrogen-bond acceptors (Lipinski definition) is 5. The third-order valence-corrected chi connectivity index (χ3v) is 4.39. The van der Waals surface area contributed by atoms with Crippen LogP contribution in [-0.2, 0) is 23.8 Å². The van der Waals surface area contributed by atoms with Crippen LogP contribution in [0.15, 0.2) is 11.6 Å². The summed E-state index contributed by atoms with van der Waals surface area (Å²) < 4.78 is 17.0. The SMILES string of the molecule is CCOC(=O)[C@@H]1C=C2C(=O)CCC[C@@H]2CC1(OCC)OCC. The van der Waals surface area contributed by atoms with Gasteiger partial charge in [0.2, 0.25) is 0 Å². The number of carbonyl (C=O) groups excluding carboxylic acids is 2. The normalized spacial score (nSPS) is 27.0. The topological polar surface area (TPSA) is 61.8 Å². The molecule has 2 rings (SSSR count). The predicted molar refractivity (Wildman–Crippen MR) is 81.2 cm³/mol. The number of allylic oxidation sites excluding steroid dienone is 1. The minimum Gasteiger partial charge on any atom is -0.465 e. The van der Waals surface area contributed by atoms with Crippen LogP contribution in [0.5, 0.6) is 0 Å². The van der Waals surface area contributed by atoms with Crippen LogP contribution in [0.25, 0.3) is 0 Å². The Labute approximate surface area is 132 Å². The maximum Gasteiger partial charge on any atom is 0.318 e. The van der Waals surface area contributed by atoms with Gasteiger partial charge in [0.1, 0.15) is 5.92 Å². The Morgan fingerprint density at radius 2 is 1.91 bits per heavy atom. The van der Waals surface area contributed by atoms with E-state index < -0.39 is 11.7 Å². The number of Topliss-reactive ketones (excluding diaryl/α,β-unsaturated/α-hetero) is 1. The average molecular weight is 310 g/mol. The molecule has 5 nitrogen and oxygen atoms in total. The second kappa shape index (κ2) is 7.38. The maximum absolute atomic E-state index is 12.4. The van der Waals surface area contributed by atoms with Crippen LogP contribution in [0.4, 0.5) is 0 Å². The number of ether oxygens (including phenoxy) is 3. The highest BCUT2D eigenvalue weighted by molar-refractivity contribution is 5.97. The molecule has 0 N–H and O–H groups in total. The molecular weight excluding hydrogens is 284 g/mol. The molecule has 0 heterocycles. The third-order valence-electron chi connectivity index (χ3n) is 4.39. The highest BCUT2D eigenvalue weighted by Crippen LogP contribution is 2.45. The molecule has 5 heteroatoms. The van der Waals surface area contributed by atoms with Gasteiger partial charge in [-0.05, 0) is 45.1 Å². The summed E-state index contributed by atoms with van der Waals surface area (Å²) in [6, 6.07) is 0. The van der Waals surface area contributed by atoms with Gasteiger partial charge in [-0.15, -0.1) is 0 Å². The summed E-state index contributed by atoms with van der Waals surface area (Å²) in [7, 11) is 0. The van der Waals surface area contributed by atoms with E-state index in [-0.39, 0.29) is 17.7 Å². The number of rotatable bonds is 6. The van der Waals surface area contributed by atoms with Crippen molar-refractivity contribution in [1.82, 2.24) is 0 Å². The lowest BCUT2D eigenvalue weighted by Gasteiger charge is -2.44. The van der Waals surface area contributed by atoms with Gasteiger partial charge in [-0.1, -0.05) is 6.08 Å².